The van der Waals surface area contributed by atoms with Crippen molar-refractivity contribution in [2.75, 3.05) is 6.61 Å². The number of aliphatic hydroxyl groups is 1. The molecule has 0 radical (unpaired) electrons. The van der Waals surface area contributed by atoms with Gasteiger partial charge in [0.2, 0.25) is 0 Å². The zero-order chi connectivity index (χ0) is 15.5. The van der Waals surface area contributed by atoms with Crippen LogP contribution in [0.5, 0.6) is 0 Å². The first-order valence-electron chi connectivity index (χ1n) is 7.10. The number of hydrogen-bond acceptors (Lipinski definition) is 4. The molecule has 0 amide bonds. The third-order valence-electron chi connectivity index (χ3n) is 4.03. The number of carboxylic acid groups (broad SMARTS) is 1. The molecule has 0 spiro atoms. The topological polar surface area (TPSA) is 69.6 Å². The van der Waals surface area contributed by atoms with Gasteiger partial charge in [-0.2, -0.15) is 0 Å². The quantitative estimate of drug-likeness (QED) is 0.734. The molecular weight excluding hydrogens is 286 g/mol. The molecule has 21 heavy (non-hydrogen) atoms. The molecule has 5 heteroatoms. The first-order chi connectivity index (χ1) is 10.0. The van der Waals surface area contributed by atoms with E-state index < -0.39 is 5.97 Å². The molecule has 0 aliphatic rings. The number of aliphatic hydroxyl groups excluding tert-OH is 1. The highest BCUT2D eigenvalue weighted by molar-refractivity contribution is 7.21. The largest absolute Gasteiger partial charge is 0.477 e. The van der Waals surface area contributed by atoms with E-state index in [2.05, 4.69) is 19.2 Å². The molecule has 4 nitrogen and oxygen atoms in total. The maximum atomic E-state index is 11.5. The summed E-state index contributed by atoms with van der Waals surface area (Å²) in [4.78, 5) is 11.8. The normalized spacial score (nSPS) is 14.2. The number of benzene rings is 1. The molecule has 0 aliphatic heterocycles. The van der Waals surface area contributed by atoms with Gasteiger partial charge in [-0.3, -0.25) is 0 Å². The molecule has 0 fully saturated rings. The van der Waals surface area contributed by atoms with Crippen LogP contribution >= 0.6 is 11.3 Å². The van der Waals surface area contributed by atoms with Gasteiger partial charge in [0.15, 0.2) is 0 Å². The van der Waals surface area contributed by atoms with Crippen LogP contribution in [0.3, 0.4) is 0 Å². The molecule has 3 N–H and O–H groups in total. The fourth-order valence-electron chi connectivity index (χ4n) is 2.39. The number of carboxylic acids is 1. The Balaban J connectivity index is 2.32. The SMILES string of the molecule is CCC(C)(CCO)NCc1c(C(=O)O)sc2ccccc12. The van der Waals surface area contributed by atoms with Crippen LogP contribution in [0.4, 0.5) is 0 Å². The van der Waals surface area contributed by atoms with Gasteiger partial charge in [0.25, 0.3) is 0 Å². The van der Waals surface area contributed by atoms with Crippen LogP contribution < -0.4 is 5.32 Å². The number of nitrogens with one attached hydrogen (secondary N) is 1. The van der Waals surface area contributed by atoms with Crippen molar-refractivity contribution in [1.29, 1.82) is 0 Å². The molecule has 1 heterocycles. The maximum absolute atomic E-state index is 11.5. The lowest BCUT2D eigenvalue weighted by atomic mass is 9.94. The van der Waals surface area contributed by atoms with Gasteiger partial charge in [0.05, 0.1) is 0 Å². The second kappa shape index (κ2) is 6.56. The van der Waals surface area contributed by atoms with Crippen LogP contribution in [0.25, 0.3) is 10.1 Å². The third kappa shape index (κ3) is 3.43. The molecular formula is C16H21NO3S. The number of aromatic carboxylic acids is 1. The van der Waals surface area contributed by atoms with E-state index in [1.807, 2.05) is 24.3 Å². The number of fused-ring (bicyclic) bond motifs is 1. The highest BCUT2D eigenvalue weighted by Gasteiger charge is 2.23. The number of rotatable bonds is 7. The lowest BCUT2D eigenvalue weighted by Crippen LogP contribution is -2.42. The second-order valence-corrected chi connectivity index (χ2v) is 6.50. The van der Waals surface area contributed by atoms with Crippen molar-refractivity contribution in [3.63, 3.8) is 0 Å². The Morgan fingerprint density at radius 1 is 1.38 bits per heavy atom. The minimum atomic E-state index is -0.881. The third-order valence-corrected chi connectivity index (χ3v) is 5.23. The fraction of sp³-hybridized carbons (Fsp3) is 0.438. The molecule has 1 aromatic carbocycles. The zero-order valence-corrected chi connectivity index (χ0v) is 13.2. The van der Waals surface area contributed by atoms with Gasteiger partial charge in [-0.25, -0.2) is 4.79 Å². The average Bonchev–Trinajstić information content (AvgIpc) is 2.84. The van der Waals surface area contributed by atoms with Crippen LogP contribution in [0.1, 0.15) is 41.9 Å². The fourth-order valence-corrected chi connectivity index (χ4v) is 3.45. The lowest BCUT2D eigenvalue weighted by Gasteiger charge is -2.29. The molecule has 2 rings (SSSR count). The summed E-state index contributed by atoms with van der Waals surface area (Å²) in [5.74, 6) is -0.881. The van der Waals surface area contributed by atoms with E-state index in [1.54, 1.807) is 0 Å². The lowest BCUT2D eigenvalue weighted by molar-refractivity contribution is 0.0700. The number of hydrogen-bond donors (Lipinski definition) is 3. The summed E-state index contributed by atoms with van der Waals surface area (Å²) in [7, 11) is 0. The standard InChI is InChI=1S/C16H21NO3S/c1-3-16(2,8-9-18)17-10-12-11-6-4-5-7-13(11)21-14(12)15(19)20/h4-7,17-18H,3,8-10H2,1-2H3,(H,19,20). The van der Waals surface area contributed by atoms with Crippen LogP contribution in [-0.4, -0.2) is 28.3 Å². The Kier molecular flexibility index (Phi) is 4.98. The minimum Gasteiger partial charge on any atom is -0.477 e. The maximum Gasteiger partial charge on any atom is 0.346 e. The molecule has 0 saturated carbocycles. The van der Waals surface area contributed by atoms with E-state index in [4.69, 9.17) is 0 Å². The molecule has 0 aliphatic carbocycles. The van der Waals surface area contributed by atoms with Gasteiger partial charge < -0.3 is 15.5 Å². The monoisotopic (exact) mass is 307 g/mol. The molecule has 0 saturated heterocycles. The zero-order valence-electron chi connectivity index (χ0n) is 12.3. The molecule has 1 unspecified atom stereocenters. The van der Waals surface area contributed by atoms with Crippen molar-refractivity contribution in [2.45, 2.75) is 38.8 Å². The highest BCUT2D eigenvalue weighted by Crippen LogP contribution is 2.31. The first kappa shape index (κ1) is 15.9. The Labute approximate surface area is 128 Å². The van der Waals surface area contributed by atoms with E-state index in [0.29, 0.717) is 17.8 Å². The summed E-state index contributed by atoms with van der Waals surface area (Å²) in [5, 5.41) is 23.0. The summed E-state index contributed by atoms with van der Waals surface area (Å²) in [5.41, 5.74) is 0.647. The van der Waals surface area contributed by atoms with Crippen molar-refractivity contribution in [2.24, 2.45) is 0 Å². The Hall–Kier alpha value is -1.43. The van der Waals surface area contributed by atoms with E-state index in [1.165, 1.54) is 11.3 Å². The number of thiophene rings is 1. The summed E-state index contributed by atoms with van der Waals surface area (Å²) in [6.45, 7) is 4.73. The van der Waals surface area contributed by atoms with E-state index >= 15 is 0 Å². The average molecular weight is 307 g/mol. The van der Waals surface area contributed by atoms with E-state index in [9.17, 15) is 15.0 Å². The Morgan fingerprint density at radius 2 is 2.10 bits per heavy atom. The molecule has 1 atom stereocenters. The number of carbonyl (C=O) groups is 1. The Bertz CT molecular complexity index is 637. The van der Waals surface area contributed by atoms with E-state index in [-0.39, 0.29) is 12.1 Å². The van der Waals surface area contributed by atoms with Crippen molar-refractivity contribution in [1.82, 2.24) is 5.32 Å². The van der Waals surface area contributed by atoms with Gasteiger partial charge in [0.1, 0.15) is 4.88 Å². The summed E-state index contributed by atoms with van der Waals surface area (Å²) in [6, 6.07) is 7.76. The van der Waals surface area contributed by atoms with Crippen LogP contribution in [-0.2, 0) is 6.54 Å². The minimum absolute atomic E-state index is 0.119. The second-order valence-electron chi connectivity index (χ2n) is 5.45. The van der Waals surface area contributed by atoms with Crippen molar-refractivity contribution in [3.8, 4) is 0 Å². The van der Waals surface area contributed by atoms with Gasteiger partial charge in [-0.1, -0.05) is 25.1 Å². The molecule has 2 aromatic rings. The predicted octanol–water partition coefficient (Wildman–Crippen LogP) is 3.24. The van der Waals surface area contributed by atoms with Gasteiger partial charge in [-0.15, -0.1) is 11.3 Å². The summed E-state index contributed by atoms with van der Waals surface area (Å²) < 4.78 is 0.993. The smallest absolute Gasteiger partial charge is 0.346 e. The first-order valence-corrected chi connectivity index (χ1v) is 7.92. The van der Waals surface area contributed by atoms with E-state index in [0.717, 1.165) is 22.1 Å². The van der Waals surface area contributed by atoms with Gasteiger partial charge in [-0.05, 0) is 36.8 Å². The van der Waals surface area contributed by atoms with Gasteiger partial charge in [0, 0.05) is 23.4 Å². The predicted molar refractivity (Wildman–Crippen MR) is 86.0 cm³/mol. The van der Waals surface area contributed by atoms with Crippen molar-refractivity contribution < 1.29 is 15.0 Å². The van der Waals surface area contributed by atoms with Crippen molar-refractivity contribution in [3.05, 3.63) is 34.7 Å². The molecule has 1 aromatic heterocycles. The highest BCUT2D eigenvalue weighted by atomic mass is 32.1. The molecule has 0 bridgehead atoms. The Morgan fingerprint density at radius 3 is 2.71 bits per heavy atom. The van der Waals surface area contributed by atoms with Crippen molar-refractivity contribution >= 4 is 27.4 Å². The van der Waals surface area contributed by atoms with Crippen LogP contribution in [0.2, 0.25) is 0 Å². The summed E-state index contributed by atoms with van der Waals surface area (Å²) in [6.07, 6.45) is 1.52. The molecule has 114 valence electrons. The van der Waals surface area contributed by atoms with Gasteiger partial charge >= 0.3 is 5.97 Å². The summed E-state index contributed by atoms with van der Waals surface area (Å²) >= 11 is 1.31. The van der Waals surface area contributed by atoms with Crippen LogP contribution in [0.15, 0.2) is 24.3 Å². The van der Waals surface area contributed by atoms with Crippen LogP contribution in [0, 0.1) is 0 Å².